The summed E-state index contributed by atoms with van der Waals surface area (Å²) in [5, 5.41) is 3.44. The van der Waals surface area contributed by atoms with Gasteiger partial charge in [-0.05, 0) is 17.3 Å². The van der Waals surface area contributed by atoms with Crippen molar-refractivity contribution in [3.8, 4) is 17.3 Å². The quantitative estimate of drug-likeness (QED) is 0.742. The molecule has 6 heteroatoms. The summed E-state index contributed by atoms with van der Waals surface area (Å²) in [7, 11) is 1.43. The fraction of sp³-hybridized carbons (Fsp3) is 0.200. The topological polar surface area (TPSA) is 57.4 Å². The van der Waals surface area contributed by atoms with Gasteiger partial charge < -0.3 is 14.0 Å². The molecule has 0 bridgehead atoms. The van der Waals surface area contributed by atoms with Crippen molar-refractivity contribution in [3.63, 3.8) is 0 Å². The van der Waals surface area contributed by atoms with Crippen LogP contribution >= 0.6 is 0 Å². The molecule has 0 aliphatic carbocycles. The van der Waals surface area contributed by atoms with Gasteiger partial charge in [0.1, 0.15) is 5.69 Å². The predicted molar refractivity (Wildman–Crippen MR) is 52.2 cm³/mol. The number of hydrogen-bond acceptors (Lipinski definition) is 5. The Morgan fingerprint density at radius 2 is 2.31 bits per heavy atom. The zero-order chi connectivity index (χ0) is 11.4. The fourth-order valence-electron chi connectivity index (χ4n) is 1.13. The number of aromatic nitrogens is 2. The Labute approximate surface area is 90.8 Å². The van der Waals surface area contributed by atoms with Crippen LogP contribution in [-0.4, -0.2) is 24.0 Å². The molecule has 0 unspecified atom stereocenters. The van der Waals surface area contributed by atoms with Gasteiger partial charge in [-0.1, -0.05) is 6.07 Å². The van der Waals surface area contributed by atoms with Crippen LogP contribution in [0.4, 0.5) is 4.39 Å². The summed E-state index contributed by atoms with van der Waals surface area (Å²) in [6.07, 6.45) is 1.53. The number of nitrogens with zero attached hydrogens (tertiary/aromatic N) is 2. The molecule has 16 heavy (non-hydrogen) atoms. The van der Waals surface area contributed by atoms with Gasteiger partial charge in [0, 0.05) is 13.3 Å². The minimum Gasteiger partial charge on any atom is -0.446 e. The van der Waals surface area contributed by atoms with Crippen LogP contribution < -0.4 is 4.74 Å². The minimum absolute atomic E-state index is 0.0493. The molecule has 0 radical (unpaired) electrons. The first-order chi connectivity index (χ1) is 7.83. The van der Waals surface area contributed by atoms with E-state index in [1.54, 1.807) is 18.2 Å². The van der Waals surface area contributed by atoms with E-state index in [0.29, 0.717) is 5.69 Å². The fourth-order valence-corrected chi connectivity index (χ4v) is 1.13. The summed E-state index contributed by atoms with van der Waals surface area (Å²) in [5.41, 5.74) is 0.361. The third kappa shape index (κ3) is 2.01. The molecule has 0 amide bonds. The number of ether oxygens (including phenoxy) is 2. The second-order valence-electron chi connectivity index (χ2n) is 2.90. The van der Waals surface area contributed by atoms with Crippen LogP contribution in [-0.2, 0) is 4.74 Å². The summed E-state index contributed by atoms with van der Waals surface area (Å²) >= 11 is 0. The van der Waals surface area contributed by atoms with E-state index in [1.807, 2.05) is 0 Å². The zero-order valence-electron chi connectivity index (χ0n) is 8.51. The van der Waals surface area contributed by atoms with E-state index in [-0.39, 0.29) is 18.4 Å². The molecule has 2 aromatic heterocycles. The average Bonchev–Trinajstić information content (AvgIpc) is 2.69. The van der Waals surface area contributed by atoms with E-state index >= 15 is 0 Å². The van der Waals surface area contributed by atoms with Crippen molar-refractivity contribution in [1.29, 1.82) is 0 Å². The Morgan fingerprint density at radius 1 is 1.44 bits per heavy atom. The highest BCUT2D eigenvalue weighted by atomic mass is 19.1. The van der Waals surface area contributed by atoms with Crippen LogP contribution in [0.3, 0.4) is 0 Å². The van der Waals surface area contributed by atoms with Crippen LogP contribution in [0.2, 0.25) is 0 Å². The largest absolute Gasteiger partial charge is 0.446 e. The van der Waals surface area contributed by atoms with Gasteiger partial charge in [0.05, 0.1) is 0 Å². The van der Waals surface area contributed by atoms with Crippen molar-refractivity contribution < 1.29 is 18.4 Å². The number of hydrogen-bond donors (Lipinski definition) is 0. The summed E-state index contributed by atoms with van der Waals surface area (Å²) < 4.78 is 28.0. The molecule has 84 valence electrons. The molecular formula is C10H9FN2O3. The second kappa shape index (κ2) is 4.71. The number of halogens is 1. The van der Waals surface area contributed by atoms with E-state index < -0.39 is 5.82 Å². The molecular weight excluding hydrogens is 215 g/mol. The monoisotopic (exact) mass is 224 g/mol. The summed E-state index contributed by atoms with van der Waals surface area (Å²) in [4.78, 5) is 3.94. The molecule has 5 nitrogen and oxygen atoms in total. The number of rotatable bonds is 4. The van der Waals surface area contributed by atoms with Crippen molar-refractivity contribution in [1.82, 2.24) is 10.1 Å². The average molecular weight is 224 g/mol. The molecule has 0 aromatic carbocycles. The maximum Gasteiger partial charge on any atom is 0.293 e. The molecule has 0 atom stereocenters. The molecule has 0 spiro atoms. The Bertz CT molecular complexity index is 458. The lowest BCUT2D eigenvalue weighted by molar-refractivity contribution is 0.0429. The van der Waals surface area contributed by atoms with E-state index in [9.17, 15) is 4.39 Å². The van der Waals surface area contributed by atoms with Crippen LogP contribution in [0, 0.1) is 5.82 Å². The Hall–Kier alpha value is -1.95. The van der Waals surface area contributed by atoms with E-state index in [2.05, 4.69) is 14.9 Å². The van der Waals surface area contributed by atoms with Gasteiger partial charge in [-0.25, -0.2) is 0 Å². The van der Waals surface area contributed by atoms with E-state index in [0.717, 1.165) is 0 Å². The third-order valence-corrected chi connectivity index (χ3v) is 1.82. The second-order valence-corrected chi connectivity index (χ2v) is 2.90. The molecule has 0 saturated carbocycles. The highest BCUT2D eigenvalue weighted by Gasteiger charge is 2.19. The zero-order valence-corrected chi connectivity index (χ0v) is 8.51. The van der Waals surface area contributed by atoms with Gasteiger partial charge in [0.15, 0.2) is 6.79 Å². The highest BCUT2D eigenvalue weighted by molar-refractivity contribution is 5.53. The first-order valence-electron chi connectivity index (χ1n) is 4.51. The minimum atomic E-state index is -0.684. The molecule has 2 heterocycles. The first-order valence-corrected chi connectivity index (χ1v) is 4.51. The summed E-state index contributed by atoms with van der Waals surface area (Å²) in [6.45, 7) is -0.0922. The highest BCUT2D eigenvalue weighted by Crippen LogP contribution is 2.27. The standard InChI is InChI=1S/C10H9FN2O3/c1-14-6-15-10-8(11)9(16-13-10)7-4-2-3-5-12-7/h2-5H,6H2,1H3. The molecule has 0 saturated heterocycles. The van der Waals surface area contributed by atoms with Crippen molar-refractivity contribution >= 4 is 0 Å². The Morgan fingerprint density at radius 3 is 3.00 bits per heavy atom. The summed E-state index contributed by atoms with van der Waals surface area (Å²) in [5.74, 6) is -0.968. The van der Waals surface area contributed by atoms with Gasteiger partial charge >= 0.3 is 0 Å². The summed E-state index contributed by atoms with van der Waals surface area (Å²) in [6, 6.07) is 5.06. The Kier molecular flexibility index (Phi) is 3.11. The predicted octanol–water partition coefficient (Wildman–Crippen LogP) is 1.86. The first kappa shape index (κ1) is 10.6. The van der Waals surface area contributed by atoms with E-state index in [4.69, 9.17) is 9.26 Å². The van der Waals surface area contributed by atoms with Gasteiger partial charge in [-0.15, -0.1) is 0 Å². The van der Waals surface area contributed by atoms with Crippen molar-refractivity contribution in [2.75, 3.05) is 13.9 Å². The van der Waals surface area contributed by atoms with E-state index in [1.165, 1.54) is 13.3 Å². The third-order valence-electron chi connectivity index (χ3n) is 1.82. The number of pyridine rings is 1. The lowest BCUT2D eigenvalue weighted by Crippen LogP contribution is -2.00. The lowest BCUT2D eigenvalue weighted by Gasteiger charge is -1.98. The maximum absolute atomic E-state index is 13.7. The Balaban J connectivity index is 2.27. The van der Waals surface area contributed by atoms with Crippen LogP contribution in [0.1, 0.15) is 0 Å². The molecule has 0 N–H and O–H groups in total. The lowest BCUT2D eigenvalue weighted by atomic mass is 10.3. The maximum atomic E-state index is 13.7. The molecule has 0 aliphatic heterocycles. The number of methoxy groups -OCH3 is 1. The molecule has 0 fully saturated rings. The van der Waals surface area contributed by atoms with Gasteiger partial charge in [-0.3, -0.25) is 4.98 Å². The van der Waals surface area contributed by atoms with Gasteiger partial charge in [-0.2, -0.15) is 4.39 Å². The normalized spacial score (nSPS) is 10.4. The van der Waals surface area contributed by atoms with Crippen molar-refractivity contribution in [2.24, 2.45) is 0 Å². The van der Waals surface area contributed by atoms with Crippen molar-refractivity contribution in [3.05, 3.63) is 30.2 Å². The van der Waals surface area contributed by atoms with Crippen LogP contribution in [0.15, 0.2) is 28.9 Å². The SMILES string of the molecule is COCOc1noc(-c2ccccn2)c1F. The van der Waals surface area contributed by atoms with Gasteiger partial charge in [0.2, 0.25) is 11.6 Å². The molecule has 2 aromatic rings. The van der Waals surface area contributed by atoms with Crippen LogP contribution in [0.25, 0.3) is 11.5 Å². The van der Waals surface area contributed by atoms with Crippen molar-refractivity contribution in [2.45, 2.75) is 0 Å². The van der Waals surface area contributed by atoms with Crippen LogP contribution in [0.5, 0.6) is 5.88 Å². The molecule has 0 aliphatic rings. The molecule has 2 rings (SSSR count). The van der Waals surface area contributed by atoms with Gasteiger partial charge in [0.25, 0.3) is 5.88 Å². The smallest absolute Gasteiger partial charge is 0.293 e.